The van der Waals surface area contributed by atoms with Crippen LogP contribution in [0.2, 0.25) is 0 Å². The van der Waals surface area contributed by atoms with Crippen LogP contribution in [0, 0.1) is 0 Å². The summed E-state index contributed by atoms with van der Waals surface area (Å²) >= 11 is 0. The number of nitrogens with zero attached hydrogens (tertiary/aromatic N) is 1. The summed E-state index contributed by atoms with van der Waals surface area (Å²) in [6.07, 6.45) is 67.5. The van der Waals surface area contributed by atoms with E-state index in [0.717, 1.165) is 96.3 Å². The number of carboxylic acid groups (broad SMARTS) is 1. The average Bonchev–Trinajstić information content (AvgIpc) is 3.27. The predicted molar refractivity (Wildman–Crippen MR) is 274 cm³/mol. The second-order valence-corrected chi connectivity index (χ2v) is 16.7. The highest BCUT2D eigenvalue weighted by Gasteiger charge is 2.31. The number of rotatable bonds is 41. The van der Waals surface area contributed by atoms with Crippen molar-refractivity contribution < 1.29 is 38.2 Å². The smallest absolute Gasteiger partial charge is 0.362 e. The molecule has 65 heavy (non-hydrogen) atoms. The Morgan fingerprint density at radius 3 is 1.45 bits per heavy atom. The second kappa shape index (κ2) is 45.8. The van der Waals surface area contributed by atoms with E-state index in [4.69, 9.17) is 14.2 Å². The van der Waals surface area contributed by atoms with Crippen LogP contribution in [0.3, 0.4) is 0 Å². The molecule has 0 amide bonds. The molecule has 0 aromatic heterocycles. The molecule has 2 unspecified atom stereocenters. The molecule has 0 aliphatic heterocycles. The van der Waals surface area contributed by atoms with Gasteiger partial charge in [0.1, 0.15) is 6.61 Å². The zero-order chi connectivity index (χ0) is 47.7. The van der Waals surface area contributed by atoms with Crippen molar-refractivity contribution in [2.75, 3.05) is 41.0 Å². The number of carbonyl (C=O) groups excluding carboxylic acids is 2. The van der Waals surface area contributed by atoms with Gasteiger partial charge in [0.15, 0.2) is 12.1 Å². The van der Waals surface area contributed by atoms with E-state index in [1.54, 1.807) is 0 Å². The van der Waals surface area contributed by atoms with Gasteiger partial charge in [-0.25, -0.2) is 4.79 Å². The Balaban J connectivity index is 4.48. The molecular weight excluding hydrogens is 811 g/mol. The van der Waals surface area contributed by atoms with Crippen LogP contribution in [-0.2, 0) is 28.6 Å². The zero-order valence-corrected chi connectivity index (χ0v) is 41.1. The van der Waals surface area contributed by atoms with Crippen LogP contribution in [-0.4, -0.2) is 80.6 Å². The fourth-order valence-corrected chi connectivity index (χ4v) is 6.11. The summed E-state index contributed by atoms with van der Waals surface area (Å²) in [7, 11) is 5.48. The maximum atomic E-state index is 12.8. The molecule has 2 atom stereocenters. The van der Waals surface area contributed by atoms with Crippen LogP contribution >= 0.6 is 0 Å². The molecule has 0 bridgehead atoms. The summed E-state index contributed by atoms with van der Waals surface area (Å²) in [4.78, 5) is 37.1. The first-order valence-electron chi connectivity index (χ1n) is 24.4. The number of carboxylic acids is 1. The molecule has 0 radical (unpaired) electrons. The SMILES string of the molecule is CC/C=C/C/C=C/C/C=C/C/C=C/C/C=C/C/C=C/C/C=C/CCCC(=O)OCC(COCCC(C(=O)O)[N+](C)(C)C)OC(=O)CCCCCCC/C=C/C=C/C=C/C=C/C=C/CCC. The minimum atomic E-state index is -0.895. The van der Waals surface area contributed by atoms with Gasteiger partial charge in [-0.15, -0.1) is 0 Å². The molecule has 0 spiro atoms. The molecule has 8 nitrogen and oxygen atoms in total. The van der Waals surface area contributed by atoms with E-state index < -0.39 is 18.1 Å². The Hall–Kier alpha value is -4.79. The third kappa shape index (κ3) is 44.2. The Morgan fingerprint density at radius 2 is 0.938 bits per heavy atom. The zero-order valence-electron chi connectivity index (χ0n) is 41.1. The molecule has 0 saturated heterocycles. The lowest BCUT2D eigenvalue weighted by atomic mass is 10.1. The van der Waals surface area contributed by atoms with Crippen LogP contribution in [0.1, 0.15) is 142 Å². The van der Waals surface area contributed by atoms with E-state index in [1.165, 1.54) is 6.42 Å². The van der Waals surface area contributed by atoms with Gasteiger partial charge in [-0.3, -0.25) is 9.59 Å². The average molecular weight is 899 g/mol. The first-order chi connectivity index (χ1) is 31.6. The maximum Gasteiger partial charge on any atom is 0.362 e. The van der Waals surface area contributed by atoms with Crippen molar-refractivity contribution in [3.05, 3.63) is 146 Å². The Morgan fingerprint density at radius 1 is 0.492 bits per heavy atom. The van der Waals surface area contributed by atoms with E-state index in [1.807, 2.05) is 57.6 Å². The molecule has 0 heterocycles. The summed E-state index contributed by atoms with van der Waals surface area (Å²) in [5.41, 5.74) is 0. The largest absolute Gasteiger partial charge is 0.477 e. The molecule has 0 aliphatic carbocycles. The minimum absolute atomic E-state index is 0.0204. The molecule has 0 saturated carbocycles. The lowest BCUT2D eigenvalue weighted by molar-refractivity contribution is -0.887. The number of hydrogen-bond donors (Lipinski definition) is 1. The highest BCUT2D eigenvalue weighted by Crippen LogP contribution is 2.12. The molecule has 8 heteroatoms. The fraction of sp³-hybridized carbons (Fsp3) is 0.526. The van der Waals surface area contributed by atoms with Crippen molar-refractivity contribution in [2.45, 2.75) is 154 Å². The highest BCUT2D eigenvalue weighted by molar-refractivity contribution is 5.72. The summed E-state index contributed by atoms with van der Waals surface area (Å²) in [6, 6.07) is -0.639. The van der Waals surface area contributed by atoms with Crippen LogP contribution in [0.25, 0.3) is 0 Å². The van der Waals surface area contributed by atoms with Gasteiger partial charge in [-0.1, -0.05) is 185 Å². The van der Waals surface area contributed by atoms with Gasteiger partial charge in [0.05, 0.1) is 34.4 Å². The Kier molecular flexibility index (Phi) is 42.4. The maximum absolute atomic E-state index is 12.8. The number of unbranched alkanes of at least 4 members (excludes halogenated alkanes) is 7. The number of carbonyl (C=O) groups is 3. The van der Waals surface area contributed by atoms with E-state index >= 15 is 0 Å². The number of aliphatic carboxylic acids is 1. The van der Waals surface area contributed by atoms with Gasteiger partial charge >= 0.3 is 17.9 Å². The number of esters is 2. The van der Waals surface area contributed by atoms with Crippen molar-refractivity contribution in [1.29, 1.82) is 0 Å². The van der Waals surface area contributed by atoms with Gasteiger partial charge in [0.2, 0.25) is 0 Å². The van der Waals surface area contributed by atoms with E-state index in [0.29, 0.717) is 12.8 Å². The van der Waals surface area contributed by atoms with Crippen molar-refractivity contribution in [1.82, 2.24) is 0 Å². The van der Waals surface area contributed by atoms with Crippen molar-refractivity contribution in [3.63, 3.8) is 0 Å². The van der Waals surface area contributed by atoms with Crippen LogP contribution in [0.4, 0.5) is 0 Å². The van der Waals surface area contributed by atoms with Crippen molar-refractivity contribution in [2.24, 2.45) is 0 Å². The summed E-state index contributed by atoms with van der Waals surface area (Å²) < 4.78 is 17.2. The van der Waals surface area contributed by atoms with Gasteiger partial charge in [-0.2, -0.15) is 0 Å². The number of quaternary nitrogens is 1. The quantitative estimate of drug-likeness (QED) is 0.0214. The fourth-order valence-electron chi connectivity index (χ4n) is 6.11. The van der Waals surface area contributed by atoms with Crippen LogP contribution in [0.5, 0.6) is 0 Å². The van der Waals surface area contributed by atoms with Gasteiger partial charge in [0.25, 0.3) is 0 Å². The summed E-state index contributed by atoms with van der Waals surface area (Å²) in [6.45, 7) is 4.41. The molecular formula is C57H88NO7+. The number of allylic oxidation sites excluding steroid dienone is 24. The van der Waals surface area contributed by atoms with Crippen LogP contribution in [0.15, 0.2) is 146 Å². The molecule has 362 valence electrons. The normalized spacial score (nSPS) is 14.2. The molecule has 0 aromatic rings. The Bertz CT molecular complexity index is 1560. The number of ether oxygens (including phenoxy) is 3. The first-order valence-corrected chi connectivity index (χ1v) is 24.4. The van der Waals surface area contributed by atoms with Gasteiger partial charge in [-0.05, 0) is 83.5 Å². The van der Waals surface area contributed by atoms with Crippen molar-refractivity contribution >= 4 is 17.9 Å². The van der Waals surface area contributed by atoms with Crippen molar-refractivity contribution in [3.8, 4) is 0 Å². The first kappa shape index (κ1) is 60.2. The molecule has 0 fully saturated rings. The van der Waals surface area contributed by atoms with Crippen LogP contribution < -0.4 is 0 Å². The van der Waals surface area contributed by atoms with E-state index in [2.05, 4.69) is 123 Å². The lowest BCUT2D eigenvalue weighted by Crippen LogP contribution is -2.50. The monoisotopic (exact) mass is 899 g/mol. The van der Waals surface area contributed by atoms with Gasteiger partial charge in [0, 0.05) is 19.3 Å². The summed E-state index contributed by atoms with van der Waals surface area (Å²) in [5, 5.41) is 9.65. The molecule has 0 rings (SSSR count). The lowest BCUT2D eigenvalue weighted by Gasteiger charge is -2.31. The molecule has 1 N–H and O–H groups in total. The second-order valence-electron chi connectivity index (χ2n) is 16.7. The van der Waals surface area contributed by atoms with E-state index in [-0.39, 0.29) is 49.1 Å². The van der Waals surface area contributed by atoms with Gasteiger partial charge < -0.3 is 23.8 Å². The number of hydrogen-bond acceptors (Lipinski definition) is 6. The Labute approximate surface area is 395 Å². The summed E-state index contributed by atoms with van der Waals surface area (Å²) in [5.74, 6) is -1.60. The highest BCUT2D eigenvalue weighted by atomic mass is 16.6. The predicted octanol–water partition coefficient (Wildman–Crippen LogP) is 14.1. The number of likely N-dealkylation sites (N-methyl/N-ethyl adjacent to an activating group) is 1. The minimum Gasteiger partial charge on any atom is -0.477 e. The third-order valence-corrected chi connectivity index (χ3v) is 9.83. The van der Waals surface area contributed by atoms with E-state index in [9.17, 15) is 19.5 Å². The standard InChI is InChI=1S/C57H87NO7/c1-6-8-10-12-14-16-18-20-22-24-26-27-28-29-30-32-33-35-37-39-41-43-45-47-55(59)64-52-53(51-63-50-49-54(57(61)62)58(3,4)5)65-56(60)48-46-44-42-40-38-36-34-31-25-23-21-19-17-15-13-11-9-7-2/h8,10-11,13-17,19-23,25-27,29-31,33-35,39,41,53-54H,6-7,9,12,18,24,28,32,36-38,40,42-52H2,1-5H3/p+1/b10-8+,13-11+,16-14+,17-15+,21-19+,22-20+,25-23+,27-26+,30-29+,34-31+,35-33+,41-39+. The topological polar surface area (TPSA) is 99.1 Å². The third-order valence-electron chi connectivity index (χ3n) is 9.83. The molecule has 0 aromatic carbocycles. The molecule has 0 aliphatic rings.